The molecule has 0 radical (unpaired) electrons. The largest absolute Gasteiger partial charge is 0.497 e. The third-order valence-corrected chi connectivity index (χ3v) is 6.01. The molecule has 0 bridgehead atoms. The molecule has 3 aromatic carbocycles. The van der Waals surface area contributed by atoms with Crippen LogP contribution in [0.1, 0.15) is 17.3 Å². The molecule has 4 rings (SSSR count). The summed E-state index contributed by atoms with van der Waals surface area (Å²) in [6.45, 7) is 1.52. The first-order valence-electron chi connectivity index (χ1n) is 10.2. The molecule has 0 aliphatic heterocycles. The number of anilines is 1. The van der Waals surface area contributed by atoms with Gasteiger partial charge in [0.1, 0.15) is 16.5 Å². The molecule has 168 valence electrons. The molecule has 4 aromatic rings. The Bertz CT molecular complexity index is 1260. The average Bonchev–Trinajstić information content (AvgIpc) is 3.27. The minimum absolute atomic E-state index is 0.347. The average molecular weight is 463 g/mol. The highest BCUT2D eigenvalue weighted by Crippen LogP contribution is 2.32. The first kappa shape index (κ1) is 22.3. The van der Waals surface area contributed by atoms with Crippen LogP contribution < -0.4 is 14.8 Å². The molecule has 1 atom stereocenters. The molecule has 0 fully saturated rings. The molecule has 33 heavy (non-hydrogen) atoms. The Labute approximate surface area is 194 Å². The molecule has 0 saturated heterocycles. The van der Waals surface area contributed by atoms with Crippen LogP contribution in [-0.2, 0) is 9.53 Å². The van der Waals surface area contributed by atoms with E-state index in [9.17, 15) is 9.59 Å². The summed E-state index contributed by atoms with van der Waals surface area (Å²) in [4.78, 5) is 30.3. The number of nitrogens with zero attached hydrogens (tertiary/aromatic N) is 1. The Morgan fingerprint density at radius 3 is 2.30 bits per heavy atom. The van der Waals surface area contributed by atoms with Gasteiger partial charge in [-0.25, -0.2) is 9.78 Å². The summed E-state index contributed by atoms with van der Waals surface area (Å²) in [5.41, 5.74) is 2.34. The first-order valence-corrected chi connectivity index (χ1v) is 11.0. The Kier molecular flexibility index (Phi) is 6.55. The van der Waals surface area contributed by atoms with E-state index in [1.54, 1.807) is 30.3 Å². The van der Waals surface area contributed by atoms with Crippen LogP contribution in [-0.4, -0.2) is 37.2 Å². The molecule has 1 N–H and O–H groups in total. The number of aromatic nitrogens is 1. The number of carbonyl (C=O) groups is 2. The zero-order valence-corrected chi connectivity index (χ0v) is 19.1. The minimum atomic E-state index is -1.03. The Morgan fingerprint density at radius 2 is 1.61 bits per heavy atom. The maximum atomic E-state index is 13.0. The second-order valence-corrected chi connectivity index (χ2v) is 8.20. The van der Waals surface area contributed by atoms with Gasteiger partial charge >= 0.3 is 5.97 Å². The van der Waals surface area contributed by atoms with Gasteiger partial charge in [-0.05, 0) is 25.1 Å². The van der Waals surface area contributed by atoms with Gasteiger partial charge in [-0.2, -0.15) is 0 Å². The van der Waals surface area contributed by atoms with Gasteiger partial charge in [-0.15, -0.1) is 11.3 Å². The fourth-order valence-corrected chi connectivity index (χ4v) is 4.24. The van der Waals surface area contributed by atoms with Crippen molar-refractivity contribution in [2.45, 2.75) is 13.0 Å². The normalized spacial score (nSPS) is 11.6. The third-order valence-electron chi connectivity index (χ3n) is 4.94. The van der Waals surface area contributed by atoms with Gasteiger partial charge in [-0.1, -0.05) is 30.3 Å². The maximum Gasteiger partial charge on any atom is 0.339 e. The van der Waals surface area contributed by atoms with E-state index in [4.69, 9.17) is 14.2 Å². The molecule has 0 aliphatic carbocycles. The number of hydrogen-bond donors (Lipinski definition) is 1. The van der Waals surface area contributed by atoms with Crippen molar-refractivity contribution < 1.29 is 23.8 Å². The van der Waals surface area contributed by atoms with E-state index in [0.717, 1.165) is 10.2 Å². The van der Waals surface area contributed by atoms with Crippen molar-refractivity contribution in [3.8, 4) is 22.1 Å². The molecule has 1 unspecified atom stereocenters. The number of benzene rings is 3. The fraction of sp³-hybridized carbons (Fsp3) is 0.160. The van der Waals surface area contributed by atoms with E-state index in [-0.39, 0.29) is 0 Å². The van der Waals surface area contributed by atoms with Crippen molar-refractivity contribution in [1.29, 1.82) is 0 Å². The van der Waals surface area contributed by atoms with Crippen LogP contribution in [0.2, 0.25) is 0 Å². The zero-order valence-electron chi connectivity index (χ0n) is 18.3. The quantitative estimate of drug-likeness (QED) is 0.382. The number of fused-ring (bicyclic) bond motifs is 1. The summed E-state index contributed by atoms with van der Waals surface area (Å²) >= 11 is 1.49. The summed E-state index contributed by atoms with van der Waals surface area (Å²) in [5.74, 6) is -0.0232. The highest BCUT2D eigenvalue weighted by atomic mass is 32.1. The van der Waals surface area contributed by atoms with Crippen LogP contribution >= 0.6 is 11.3 Å². The number of ether oxygens (including phenoxy) is 3. The molecule has 0 aliphatic rings. The highest BCUT2D eigenvalue weighted by molar-refractivity contribution is 7.21. The standard InChI is InChI=1S/C25H22N2O5S/c1-15(23(28)26-16-12-17(30-2)14-18(13-16)31-3)32-25(29)20-9-5-4-8-19(20)24-27-21-10-6-7-11-22(21)33-24/h4-15H,1-3H3,(H,26,28). The smallest absolute Gasteiger partial charge is 0.339 e. The lowest BCUT2D eigenvalue weighted by atomic mass is 10.1. The monoisotopic (exact) mass is 462 g/mol. The molecule has 0 spiro atoms. The number of rotatable bonds is 7. The maximum absolute atomic E-state index is 13.0. The van der Waals surface area contributed by atoms with Gasteiger partial charge in [0.2, 0.25) is 0 Å². The number of thiazole rings is 1. The molecule has 8 heteroatoms. The number of para-hydroxylation sites is 1. The lowest BCUT2D eigenvalue weighted by Crippen LogP contribution is -2.30. The van der Waals surface area contributed by atoms with E-state index in [0.29, 0.717) is 33.3 Å². The van der Waals surface area contributed by atoms with Crippen LogP contribution in [0.25, 0.3) is 20.8 Å². The van der Waals surface area contributed by atoms with Crippen molar-refractivity contribution in [1.82, 2.24) is 4.98 Å². The number of amides is 1. The second-order valence-electron chi connectivity index (χ2n) is 7.17. The van der Waals surface area contributed by atoms with Crippen molar-refractivity contribution in [2.24, 2.45) is 0 Å². The molecule has 1 aromatic heterocycles. The van der Waals surface area contributed by atoms with Gasteiger partial charge in [0.05, 0.1) is 30.0 Å². The van der Waals surface area contributed by atoms with Crippen molar-refractivity contribution in [2.75, 3.05) is 19.5 Å². The van der Waals surface area contributed by atoms with Crippen LogP contribution in [0.4, 0.5) is 5.69 Å². The van der Waals surface area contributed by atoms with Crippen molar-refractivity contribution in [3.05, 3.63) is 72.3 Å². The van der Waals surface area contributed by atoms with Gasteiger partial charge in [0, 0.05) is 29.4 Å². The van der Waals surface area contributed by atoms with E-state index in [1.807, 2.05) is 36.4 Å². The van der Waals surface area contributed by atoms with Crippen molar-refractivity contribution >= 4 is 39.1 Å². The summed E-state index contributed by atoms with van der Waals surface area (Å²) in [5, 5.41) is 3.44. The summed E-state index contributed by atoms with van der Waals surface area (Å²) in [6, 6.07) is 19.8. The topological polar surface area (TPSA) is 86.8 Å². The number of carbonyl (C=O) groups excluding carboxylic acids is 2. The number of methoxy groups -OCH3 is 2. The van der Waals surface area contributed by atoms with Crippen LogP contribution in [0, 0.1) is 0 Å². The van der Waals surface area contributed by atoms with Crippen molar-refractivity contribution in [3.63, 3.8) is 0 Å². The molecule has 1 amide bonds. The molecular formula is C25H22N2O5S. The minimum Gasteiger partial charge on any atom is -0.497 e. The third kappa shape index (κ3) is 4.96. The Hall–Kier alpha value is -3.91. The van der Waals surface area contributed by atoms with E-state index in [2.05, 4.69) is 10.3 Å². The summed E-state index contributed by atoms with van der Waals surface area (Å²) < 4.78 is 16.9. The van der Waals surface area contributed by atoms with Crippen LogP contribution in [0.5, 0.6) is 11.5 Å². The van der Waals surface area contributed by atoms with E-state index < -0.39 is 18.0 Å². The molecule has 7 nitrogen and oxygen atoms in total. The fourth-order valence-electron chi connectivity index (χ4n) is 3.24. The Balaban J connectivity index is 1.51. The SMILES string of the molecule is COc1cc(NC(=O)C(C)OC(=O)c2ccccc2-c2nc3ccccc3s2)cc(OC)c1. The lowest BCUT2D eigenvalue weighted by molar-refractivity contribution is -0.123. The summed E-state index contributed by atoms with van der Waals surface area (Å²) in [7, 11) is 3.04. The zero-order chi connectivity index (χ0) is 23.4. The van der Waals surface area contributed by atoms with Crippen LogP contribution in [0.15, 0.2) is 66.7 Å². The lowest BCUT2D eigenvalue weighted by Gasteiger charge is -2.15. The van der Waals surface area contributed by atoms with Gasteiger partial charge < -0.3 is 19.5 Å². The molecular weight excluding hydrogens is 440 g/mol. The van der Waals surface area contributed by atoms with Crippen LogP contribution in [0.3, 0.4) is 0 Å². The van der Waals surface area contributed by atoms with Gasteiger partial charge in [-0.3, -0.25) is 4.79 Å². The summed E-state index contributed by atoms with van der Waals surface area (Å²) in [6.07, 6.45) is -1.03. The number of hydrogen-bond acceptors (Lipinski definition) is 7. The van der Waals surface area contributed by atoms with Gasteiger partial charge in [0.15, 0.2) is 6.10 Å². The second kappa shape index (κ2) is 9.70. The highest BCUT2D eigenvalue weighted by Gasteiger charge is 2.22. The van der Waals surface area contributed by atoms with Gasteiger partial charge in [0.25, 0.3) is 5.91 Å². The number of nitrogens with one attached hydrogen (secondary N) is 1. The predicted molar refractivity (Wildman–Crippen MR) is 128 cm³/mol. The van der Waals surface area contributed by atoms with E-state index >= 15 is 0 Å². The molecule has 1 heterocycles. The number of esters is 1. The molecule has 0 saturated carbocycles. The van der Waals surface area contributed by atoms with E-state index in [1.165, 1.54) is 32.5 Å². The first-order chi connectivity index (χ1) is 16.0. The predicted octanol–water partition coefficient (Wildman–Crippen LogP) is 5.16. The Morgan fingerprint density at radius 1 is 0.939 bits per heavy atom.